The molecular formula is C21H17N3O2. The lowest BCUT2D eigenvalue weighted by molar-refractivity contribution is 0.546. The summed E-state index contributed by atoms with van der Waals surface area (Å²) in [6, 6.07) is 17.6. The van der Waals surface area contributed by atoms with Gasteiger partial charge in [0.05, 0.1) is 22.6 Å². The average molecular weight is 343 g/mol. The molecule has 1 aliphatic rings. The predicted octanol–water partition coefficient (Wildman–Crippen LogP) is 4.50. The third kappa shape index (κ3) is 1.97. The van der Waals surface area contributed by atoms with Crippen LogP contribution in [0.25, 0.3) is 16.7 Å². The SMILES string of the molecule is Cc1nn(-c2ccccc2)c2c1C(C)c1c(c3ccccc3oc1=O)N2. The highest BCUT2D eigenvalue weighted by Gasteiger charge is 2.32. The number of hydrogen-bond acceptors (Lipinski definition) is 4. The first-order chi connectivity index (χ1) is 12.6. The first-order valence-corrected chi connectivity index (χ1v) is 8.63. The van der Waals surface area contributed by atoms with Gasteiger partial charge in [-0.15, -0.1) is 0 Å². The Morgan fingerprint density at radius 3 is 2.58 bits per heavy atom. The van der Waals surface area contributed by atoms with E-state index in [1.165, 1.54) is 0 Å². The summed E-state index contributed by atoms with van der Waals surface area (Å²) in [5.74, 6) is 0.809. The van der Waals surface area contributed by atoms with Gasteiger partial charge in [0.1, 0.15) is 11.4 Å². The predicted molar refractivity (Wildman–Crippen MR) is 102 cm³/mol. The van der Waals surface area contributed by atoms with Crippen molar-refractivity contribution >= 4 is 22.5 Å². The Morgan fingerprint density at radius 2 is 1.77 bits per heavy atom. The van der Waals surface area contributed by atoms with E-state index in [9.17, 15) is 4.79 Å². The van der Waals surface area contributed by atoms with Crippen molar-refractivity contribution in [2.24, 2.45) is 0 Å². The number of fused-ring (bicyclic) bond motifs is 4. The zero-order valence-corrected chi connectivity index (χ0v) is 14.5. The topological polar surface area (TPSA) is 60.1 Å². The summed E-state index contributed by atoms with van der Waals surface area (Å²) in [6.07, 6.45) is 0. The molecule has 0 spiro atoms. The summed E-state index contributed by atoms with van der Waals surface area (Å²) >= 11 is 0. The van der Waals surface area contributed by atoms with Gasteiger partial charge in [0.25, 0.3) is 0 Å². The Morgan fingerprint density at radius 1 is 1.04 bits per heavy atom. The highest BCUT2D eigenvalue weighted by atomic mass is 16.4. The molecule has 128 valence electrons. The van der Waals surface area contributed by atoms with Gasteiger partial charge in [-0.05, 0) is 31.2 Å². The molecule has 1 unspecified atom stereocenters. The molecule has 0 saturated heterocycles. The van der Waals surface area contributed by atoms with E-state index in [2.05, 4.69) is 5.32 Å². The molecule has 5 heteroatoms. The summed E-state index contributed by atoms with van der Waals surface area (Å²) in [7, 11) is 0. The van der Waals surface area contributed by atoms with Crippen LogP contribution in [0.2, 0.25) is 0 Å². The van der Waals surface area contributed by atoms with Crippen molar-refractivity contribution in [3.8, 4) is 5.69 Å². The van der Waals surface area contributed by atoms with Gasteiger partial charge in [0.15, 0.2) is 0 Å². The minimum atomic E-state index is -0.295. The maximum atomic E-state index is 12.7. The van der Waals surface area contributed by atoms with Crippen molar-refractivity contribution in [2.45, 2.75) is 19.8 Å². The van der Waals surface area contributed by atoms with E-state index in [1.807, 2.05) is 73.1 Å². The summed E-state index contributed by atoms with van der Waals surface area (Å²) in [5.41, 5.74) is 4.68. The van der Waals surface area contributed by atoms with Crippen LogP contribution < -0.4 is 10.9 Å². The van der Waals surface area contributed by atoms with Crippen LogP contribution in [-0.2, 0) is 0 Å². The average Bonchev–Trinajstić information content (AvgIpc) is 2.99. The van der Waals surface area contributed by atoms with Crippen molar-refractivity contribution < 1.29 is 4.42 Å². The van der Waals surface area contributed by atoms with Crippen LogP contribution in [-0.4, -0.2) is 9.78 Å². The number of benzene rings is 2. The summed E-state index contributed by atoms with van der Waals surface area (Å²) in [5, 5.41) is 9.11. The zero-order valence-electron chi connectivity index (χ0n) is 14.5. The summed E-state index contributed by atoms with van der Waals surface area (Å²) in [4.78, 5) is 12.7. The third-order valence-corrected chi connectivity index (χ3v) is 5.07. The quantitative estimate of drug-likeness (QED) is 0.517. The number of nitrogens with one attached hydrogen (secondary N) is 1. The number of anilines is 2. The van der Waals surface area contributed by atoms with Gasteiger partial charge in [-0.2, -0.15) is 5.10 Å². The molecule has 1 N–H and O–H groups in total. The highest BCUT2D eigenvalue weighted by molar-refractivity contribution is 5.95. The molecule has 4 aromatic rings. The van der Waals surface area contributed by atoms with E-state index in [-0.39, 0.29) is 11.5 Å². The van der Waals surface area contributed by atoms with Crippen LogP contribution in [0.15, 0.2) is 63.8 Å². The number of hydrogen-bond donors (Lipinski definition) is 1. The minimum absolute atomic E-state index is 0.0976. The van der Waals surface area contributed by atoms with Gasteiger partial charge in [0, 0.05) is 16.9 Å². The van der Waals surface area contributed by atoms with Crippen LogP contribution in [0.3, 0.4) is 0 Å². The van der Waals surface area contributed by atoms with Gasteiger partial charge in [-0.1, -0.05) is 37.3 Å². The van der Waals surface area contributed by atoms with Crippen molar-refractivity contribution in [2.75, 3.05) is 5.32 Å². The van der Waals surface area contributed by atoms with Gasteiger partial charge in [-0.25, -0.2) is 9.48 Å². The monoisotopic (exact) mass is 343 g/mol. The number of nitrogens with zero attached hydrogens (tertiary/aromatic N) is 2. The molecule has 5 nitrogen and oxygen atoms in total. The molecule has 1 atom stereocenters. The molecule has 0 fully saturated rings. The molecule has 0 amide bonds. The molecule has 0 aliphatic carbocycles. The molecule has 1 aliphatic heterocycles. The standard InChI is InChI=1S/C21H17N3O2/c1-12-17-13(2)23-24(14-8-4-3-5-9-14)20(17)22-19-15-10-6-7-11-16(15)26-21(25)18(12)19/h3-12,22H,1-2H3. The number of aryl methyl sites for hydroxylation is 1. The molecule has 2 aromatic carbocycles. The van der Waals surface area contributed by atoms with E-state index in [4.69, 9.17) is 9.52 Å². The lowest BCUT2D eigenvalue weighted by Gasteiger charge is -2.25. The Bertz CT molecular complexity index is 1210. The minimum Gasteiger partial charge on any atom is -0.422 e. The van der Waals surface area contributed by atoms with Gasteiger partial charge < -0.3 is 9.73 Å². The molecule has 5 rings (SSSR count). The summed E-state index contributed by atoms with van der Waals surface area (Å²) in [6.45, 7) is 4.01. The Labute approximate surface area is 149 Å². The molecule has 3 heterocycles. The second kappa shape index (κ2) is 5.33. The van der Waals surface area contributed by atoms with Crippen molar-refractivity contribution in [3.63, 3.8) is 0 Å². The van der Waals surface area contributed by atoms with E-state index < -0.39 is 0 Å². The fourth-order valence-corrected chi connectivity index (χ4v) is 3.89. The highest BCUT2D eigenvalue weighted by Crippen LogP contribution is 2.44. The lowest BCUT2D eigenvalue weighted by Crippen LogP contribution is -2.21. The van der Waals surface area contributed by atoms with E-state index in [1.54, 1.807) is 0 Å². The molecular weight excluding hydrogens is 326 g/mol. The van der Waals surface area contributed by atoms with Crippen LogP contribution in [0.4, 0.5) is 11.5 Å². The fourth-order valence-electron chi connectivity index (χ4n) is 3.89. The van der Waals surface area contributed by atoms with Crippen LogP contribution in [0.5, 0.6) is 0 Å². The van der Waals surface area contributed by atoms with E-state index in [0.29, 0.717) is 11.1 Å². The van der Waals surface area contributed by atoms with Crippen molar-refractivity contribution in [1.29, 1.82) is 0 Å². The smallest absolute Gasteiger partial charge is 0.342 e. The number of rotatable bonds is 1. The second-order valence-corrected chi connectivity index (χ2v) is 6.62. The van der Waals surface area contributed by atoms with Gasteiger partial charge in [0.2, 0.25) is 0 Å². The van der Waals surface area contributed by atoms with Gasteiger partial charge in [-0.3, -0.25) is 0 Å². The molecule has 0 saturated carbocycles. The maximum absolute atomic E-state index is 12.7. The fraction of sp³-hybridized carbons (Fsp3) is 0.143. The Hall–Kier alpha value is -3.34. The van der Waals surface area contributed by atoms with E-state index >= 15 is 0 Å². The zero-order chi connectivity index (χ0) is 17.8. The summed E-state index contributed by atoms with van der Waals surface area (Å²) < 4.78 is 7.46. The molecule has 2 aromatic heterocycles. The normalized spacial score (nSPS) is 15.4. The third-order valence-electron chi connectivity index (χ3n) is 5.07. The first-order valence-electron chi connectivity index (χ1n) is 8.63. The van der Waals surface area contributed by atoms with Crippen LogP contribution in [0, 0.1) is 6.92 Å². The lowest BCUT2D eigenvalue weighted by atomic mass is 9.89. The molecule has 0 radical (unpaired) electrons. The van der Waals surface area contributed by atoms with Crippen LogP contribution >= 0.6 is 0 Å². The molecule has 0 bridgehead atoms. The van der Waals surface area contributed by atoms with Gasteiger partial charge >= 0.3 is 5.63 Å². The number of para-hydroxylation sites is 2. The van der Waals surface area contributed by atoms with Crippen molar-refractivity contribution in [1.82, 2.24) is 9.78 Å². The number of aromatic nitrogens is 2. The largest absolute Gasteiger partial charge is 0.422 e. The Balaban J connectivity index is 1.81. The molecule has 26 heavy (non-hydrogen) atoms. The second-order valence-electron chi connectivity index (χ2n) is 6.62. The van der Waals surface area contributed by atoms with E-state index in [0.717, 1.165) is 33.8 Å². The first kappa shape index (κ1) is 15.0. The Kier molecular flexibility index (Phi) is 3.06. The van der Waals surface area contributed by atoms with Crippen molar-refractivity contribution in [3.05, 3.63) is 81.8 Å². The maximum Gasteiger partial charge on any atom is 0.342 e. The van der Waals surface area contributed by atoms with Crippen LogP contribution in [0.1, 0.15) is 29.7 Å².